The Morgan fingerprint density at radius 3 is 2.72 bits per heavy atom. The van der Waals surface area contributed by atoms with Gasteiger partial charge < -0.3 is 19.3 Å². The van der Waals surface area contributed by atoms with E-state index in [9.17, 15) is 14.7 Å². The second-order valence-corrected chi connectivity index (χ2v) is 8.36. The fourth-order valence-corrected chi connectivity index (χ4v) is 4.25. The molecular formula is C19H28O6. The predicted molar refractivity (Wildman–Crippen MR) is 89.3 cm³/mol. The molecule has 6 heteroatoms. The minimum atomic E-state index is -1.24. The second-order valence-electron chi connectivity index (χ2n) is 8.36. The molecule has 0 saturated carbocycles. The highest BCUT2D eigenvalue weighted by atomic mass is 16.6. The minimum absolute atomic E-state index is 0.208. The van der Waals surface area contributed by atoms with Crippen LogP contribution in [0.5, 0.6) is 0 Å². The number of carbonyl (C=O) groups excluding carboxylic acids is 2. The zero-order valence-corrected chi connectivity index (χ0v) is 15.4. The van der Waals surface area contributed by atoms with E-state index in [1.54, 1.807) is 13.8 Å². The van der Waals surface area contributed by atoms with Crippen LogP contribution >= 0.6 is 0 Å². The van der Waals surface area contributed by atoms with Gasteiger partial charge in [0.05, 0.1) is 17.4 Å². The van der Waals surface area contributed by atoms with Crippen molar-refractivity contribution in [1.29, 1.82) is 0 Å². The average Bonchev–Trinajstić information content (AvgIpc) is 2.97. The maximum atomic E-state index is 12.2. The molecule has 0 aromatic heterocycles. The fraction of sp³-hybridized carbons (Fsp3) is 0.789. The summed E-state index contributed by atoms with van der Waals surface area (Å²) in [5, 5.41) is 10.9. The lowest BCUT2D eigenvalue weighted by molar-refractivity contribution is -0.250. The zero-order chi connectivity index (χ0) is 18.6. The predicted octanol–water partition coefficient (Wildman–Crippen LogP) is 2.34. The summed E-state index contributed by atoms with van der Waals surface area (Å²) in [6.45, 7) is 11.3. The van der Waals surface area contributed by atoms with E-state index < -0.39 is 35.5 Å². The van der Waals surface area contributed by atoms with Crippen molar-refractivity contribution < 1.29 is 28.9 Å². The molecule has 6 atom stereocenters. The van der Waals surface area contributed by atoms with Crippen LogP contribution in [-0.4, -0.2) is 40.6 Å². The van der Waals surface area contributed by atoms with Gasteiger partial charge in [-0.25, -0.2) is 4.79 Å². The van der Waals surface area contributed by atoms with Gasteiger partial charge in [-0.05, 0) is 19.8 Å². The van der Waals surface area contributed by atoms with E-state index in [4.69, 9.17) is 14.2 Å². The summed E-state index contributed by atoms with van der Waals surface area (Å²) >= 11 is 0. The molecule has 3 aliphatic heterocycles. The zero-order valence-electron chi connectivity index (χ0n) is 15.4. The van der Waals surface area contributed by atoms with E-state index in [-0.39, 0.29) is 17.8 Å². The first-order valence-electron chi connectivity index (χ1n) is 9.07. The molecule has 140 valence electrons. The van der Waals surface area contributed by atoms with Crippen LogP contribution in [0.1, 0.15) is 53.4 Å². The van der Waals surface area contributed by atoms with Crippen molar-refractivity contribution in [2.24, 2.45) is 17.8 Å². The van der Waals surface area contributed by atoms with Crippen LogP contribution in [0.3, 0.4) is 0 Å². The van der Waals surface area contributed by atoms with E-state index in [0.29, 0.717) is 31.3 Å². The molecule has 2 unspecified atom stereocenters. The second kappa shape index (κ2) is 6.09. The molecule has 2 bridgehead atoms. The van der Waals surface area contributed by atoms with Crippen LogP contribution in [0.2, 0.25) is 0 Å². The number of aliphatic hydroxyl groups is 1. The maximum absolute atomic E-state index is 12.2. The third kappa shape index (κ3) is 3.22. The van der Waals surface area contributed by atoms with Crippen LogP contribution in [0, 0.1) is 17.8 Å². The minimum Gasteiger partial charge on any atom is -0.461 e. The van der Waals surface area contributed by atoms with Crippen LogP contribution in [0.4, 0.5) is 0 Å². The average molecular weight is 352 g/mol. The van der Waals surface area contributed by atoms with Gasteiger partial charge in [-0.15, -0.1) is 0 Å². The Balaban J connectivity index is 1.97. The summed E-state index contributed by atoms with van der Waals surface area (Å²) in [4.78, 5) is 24.3. The van der Waals surface area contributed by atoms with Crippen LogP contribution in [0.25, 0.3) is 0 Å². The number of esters is 2. The Morgan fingerprint density at radius 2 is 2.08 bits per heavy atom. The summed E-state index contributed by atoms with van der Waals surface area (Å²) in [6.07, 6.45) is 1.01. The molecule has 0 aromatic rings. The molecule has 3 fully saturated rings. The number of rotatable bonds is 2. The molecule has 0 amide bonds. The summed E-state index contributed by atoms with van der Waals surface area (Å²) in [7, 11) is 0. The number of fused-ring (bicyclic) bond motifs is 3. The van der Waals surface area contributed by atoms with Gasteiger partial charge in [-0.3, -0.25) is 4.79 Å². The number of hydrogen-bond donors (Lipinski definition) is 1. The molecule has 3 saturated heterocycles. The first-order valence-corrected chi connectivity index (χ1v) is 9.07. The lowest BCUT2D eigenvalue weighted by Gasteiger charge is -2.33. The first kappa shape index (κ1) is 18.4. The van der Waals surface area contributed by atoms with Crippen molar-refractivity contribution in [3.63, 3.8) is 0 Å². The highest BCUT2D eigenvalue weighted by Gasteiger charge is 2.56. The number of hydrogen-bond acceptors (Lipinski definition) is 6. The Labute approximate surface area is 148 Å². The molecule has 3 heterocycles. The molecule has 0 spiro atoms. The molecular weight excluding hydrogens is 324 g/mol. The summed E-state index contributed by atoms with van der Waals surface area (Å²) < 4.78 is 17.3. The summed E-state index contributed by atoms with van der Waals surface area (Å²) in [5.41, 5.74) is -0.279. The van der Waals surface area contributed by atoms with Crippen LogP contribution in [-0.2, 0) is 23.8 Å². The van der Waals surface area contributed by atoms with E-state index in [0.717, 1.165) is 0 Å². The van der Waals surface area contributed by atoms with E-state index in [1.165, 1.54) is 0 Å². The third-order valence-electron chi connectivity index (χ3n) is 5.89. The Morgan fingerprint density at radius 1 is 1.40 bits per heavy atom. The van der Waals surface area contributed by atoms with Gasteiger partial charge in [-0.1, -0.05) is 27.4 Å². The molecule has 25 heavy (non-hydrogen) atoms. The molecule has 6 nitrogen and oxygen atoms in total. The topological polar surface area (TPSA) is 82.1 Å². The van der Waals surface area contributed by atoms with E-state index in [2.05, 4.69) is 6.58 Å². The lowest BCUT2D eigenvalue weighted by atomic mass is 9.78. The van der Waals surface area contributed by atoms with Crippen LogP contribution in [0.15, 0.2) is 12.2 Å². The monoisotopic (exact) mass is 352 g/mol. The molecule has 3 aliphatic rings. The van der Waals surface area contributed by atoms with Crippen molar-refractivity contribution >= 4 is 11.9 Å². The SMILES string of the molecule is C=C1C(=O)O[C@@H]2CC(C)[C@@]3(O)CC[C@@](C)(CC(OC(=O)C(C)C)[C@@H]12)O3. The smallest absolute Gasteiger partial charge is 0.334 e. The first-order chi connectivity index (χ1) is 11.5. The van der Waals surface area contributed by atoms with Gasteiger partial charge in [0.25, 0.3) is 0 Å². The van der Waals surface area contributed by atoms with Crippen LogP contribution < -0.4 is 0 Å². The van der Waals surface area contributed by atoms with Crippen molar-refractivity contribution in [2.75, 3.05) is 0 Å². The standard InChI is InChI=1S/C19H28O6/c1-10(2)16(20)24-14-9-18(5)6-7-19(22,25-18)11(3)8-13-15(14)12(4)17(21)23-13/h10-11,13-15,22H,4,6-9H2,1-3,5H3/t11?,13-,14?,15+,18+,19-/m1/s1. The quantitative estimate of drug-likeness (QED) is 0.607. The highest BCUT2D eigenvalue weighted by molar-refractivity contribution is 5.91. The number of carbonyl (C=O) groups is 2. The van der Waals surface area contributed by atoms with E-state index >= 15 is 0 Å². The summed E-state index contributed by atoms with van der Waals surface area (Å²) in [5.74, 6) is -2.89. The van der Waals surface area contributed by atoms with Crippen molar-refractivity contribution in [3.8, 4) is 0 Å². The Kier molecular flexibility index (Phi) is 4.48. The van der Waals surface area contributed by atoms with Crippen molar-refractivity contribution in [2.45, 2.75) is 77.0 Å². The largest absolute Gasteiger partial charge is 0.461 e. The molecule has 1 N–H and O–H groups in total. The van der Waals surface area contributed by atoms with Gasteiger partial charge in [0.15, 0.2) is 5.79 Å². The third-order valence-corrected chi connectivity index (χ3v) is 5.89. The van der Waals surface area contributed by atoms with Crippen molar-refractivity contribution in [1.82, 2.24) is 0 Å². The normalized spacial score (nSPS) is 43.9. The molecule has 0 aliphatic carbocycles. The van der Waals surface area contributed by atoms with Gasteiger partial charge in [-0.2, -0.15) is 0 Å². The highest BCUT2D eigenvalue weighted by Crippen LogP contribution is 2.49. The van der Waals surface area contributed by atoms with Gasteiger partial charge >= 0.3 is 11.9 Å². The van der Waals surface area contributed by atoms with Gasteiger partial charge in [0.1, 0.15) is 12.2 Å². The fourth-order valence-electron chi connectivity index (χ4n) is 4.25. The van der Waals surface area contributed by atoms with Gasteiger partial charge in [0.2, 0.25) is 0 Å². The molecule has 0 aromatic carbocycles. The summed E-state index contributed by atoms with van der Waals surface area (Å²) in [6, 6.07) is 0. The maximum Gasteiger partial charge on any atom is 0.334 e. The molecule has 0 radical (unpaired) electrons. The Bertz CT molecular complexity index is 599. The van der Waals surface area contributed by atoms with Crippen molar-refractivity contribution in [3.05, 3.63) is 12.2 Å². The van der Waals surface area contributed by atoms with E-state index in [1.807, 2.05) is 13.8 Å². The number of ether oxygens (including phenoxy) is 3. The van der Waals surface area contributed by atoms with Gasteiger partial charge in [0, 0.05) is 24.3 Å². The Hall–Kier alpha value is -1.40. The lowest BCUT2D eigenvalue weighted by Crippen LogP contribution is -2.40. The molecule has 3 rings (SSSR count).